The number of hydrogen-bond acceptors (Lipinski definition) is 2. The molecule has 0 radical (unpaired) electrons. The van der Waals surface area contributed by atoms with Gasteiger partial charge in [-0.2, -0.15) is 0 Å². The van der Waals surface area contributed by atoms with E-state index in [4.69, 9.17) is 9.47 Å². The molecule has 3 aromatic rings. The van der Waals surface area contributed by atoms with Crippen molar-refractivity contribution in [2.24, 2.45) is 0 Å². The molecule has 0 saturated carbocycles. The first-order valence-electron chi connectivity index (χ1n) is 14.6. The van der Waals surface area contributed by atoms with Crippen LogP contribution >= 0.6 is 0 Å². The molecule has 1 unspecified atom stereocenters. The standard InChI is InChI=1S/C12H10.C9H10O2.2C3H8.4C2H6/c1-3-7-11(8-4-1)12-9-5-2-6-10-12;1-2-4-8(5-3-1)10-6-9-7-11-9;2*1-3-2;4*1-2/h1-10H;1-5,9H,6-7H2;2*3H2,1-2H3;4*1-2H3. The van der Waals surface area contributed by atoms with Crippen LogP contribution in [0.3, 0.4) is 0 Å². The van der Waals surface area contributed by atoms with E-state index in [1.165, 1.54) is 24.0 Å². The van der Waals surface area contributed by atoms with Crippen molar-refractivity contribution in [2.45, 2.75) is 102 Å². The minimum atomic E-state index is 0.343. The summed E-state index contributed by atoms with van der Waals surface area (Å²) in [4.78, 5) is 0. The van der Waals surface area contributed by atoms with Gasteiger partial charge in [0, 0.05) is 0 Å². The molecule has 37 heavy (non-hydrogen) atoms. The van der Waals surface area contributed by atoms with Crippen LogP contribution in [-0.4, -0.2) is 19.3 Å². The molecule has 0 aromatic heterocycles. The molecular formula is C35H60O2. The number of epoxide rings is 1. The van der Waals surface area contributed by atoms with E-state index in [9.17, 15) is 0 Å². The summed E-state index contributed by atoms with van der Waals surface area (Å²) >= 11 is 0. The Labute approximate surface area is 232 Å². The predicted molar refractivity (Wildman–Crippen MR) is 171 cm³/mol. The summed E-state index contributed by atoms with van der Waals surface area (Å²) in [5.74, 6) is 0.919. The summed E-state index contributed by atoms with van der Waals surface area (Å²) in [5, 5.41) is 0. The highest BCUT2D eigenvalue weighted by molar-refractivity contribution is 5.62. The zero-order chi connectivity index (χ0) is 29.2. The lowest BCUT2D eigenvalue weighted by atomic mass is 10.1. The Balaban J connectivity index is -0.000000200. The second-order valence-corrected chi connectivity index (χ2v) is 6.73. The third kappa shape index (κ3) is 29.5. The minimum absolute atomic E-state index is 0.343. The van der Waals surface area contributed by atoms with Gasteiger partial charge in [0.05, 0.1) is 6.61 Å². The van der Waals surface area contributed by atoms with E-state index in [-0.39, 0.29) is 0 Å². The lowest BCUT2D eigenvalue weighted by Crippen LogP contribution is -2.03. The Morgan fingerprint density at radius 2 is 0.811 bits per heavy atom. The third-order valence-corrected chi connectivity index (χ3v) is 3.46. The van der Waals surface area contributed by atoms with Crippen molar-refractivity contribution in [1.82, 2.24) is 0 Å². The molecule has 1 heterocycles. The first-order valence-corrected chi connectivity index (χ1v) is 14.6. The number of para-hydroxylation sites is 1. The zero-order valence-corrected chi connectivity index (χ0v) is 26.4. The Morgan fingerprint density at radius 1 is 0.541 bits per heavy atom. The van der Waals surface area contributed by atoms with Gasteiger partial charge >= 0.3 is 0 Å². The van der Waals surface area contributed by atoms with Crippen LogP contribution < -0.4 is 4.74 Å². The molecule has 212 valence electrons. The molecule has 3 aromatic carbocycles. The molecule has 1 atom stereocenters. The molecule has 1 fully saturated rings. The summed E-state index contributed by atoms with van der Waals surface area (Å²) in [5.41, 5.74) is 2.55. The Morgan fingerprint density at radius 3 is 1.08 bits per heavy atom. The van der Waals surface area contributed by atoms with E-state index in [0.29, 0.717) is 12.7 Å². The van der Waals surface area contributed by atoms with Gasteiger partial charge in [-0.05, 0) is 23.3 Å². The van der Waals surface area contributed by atoms with Gasteiger partial charge in [-0.15, -0.1) is 0 Å². The van der Waals surface area contributed by atoms with Gasteiger partial charge < -0.3 is 9.47 Å². The van der Waals surface area contributed by atoms with Crippen molar-refractivity contribution in [3.8, 4) is 16.9 Å². The van der Waals surface area contributed by atoms with Crippen LogP contribution in [0.1, 0.15) is 95.9 Å². The Kier molecular flexibility index (Phi) is 42.6. The first kappa shape index (κ1) is 41.5. The second-order valence-electron chi connectivity index (χ2n) is 6.73. The molecule has 2 heteroatoms. The molecule has 0 bridgehead atoms. The largest absolute Gasteiger partial charge is 0.491 e. The van der Waals surface area contributed by atoms with E-state index in [1.807, 2.05) is 97.9 Å². The highest BCUT2D eigenvalue weighted by Crippen LogP contribution is 2.17. The monoisotopic (exact) mass is 512 g/mol. The summed E-state index contributed by atoms with van der Waals surface area (Å²) in [7, 11) is 0. The molecule has 4 rings (SSSR count). The van der Waals surface area contributed by atoms with Gasteiger partial charge in [0.25, 0.3) is 0 Å². The molecular weight excluding hydrogens is 452 g/mol. The van der Waals surface area contributed by atoms with Gasteiger partial charge in [0.2, 0.25) is 0 Å². The van der Waals surface area contributed by atoms with E-state index < -0.39 is 0 Å². The second kappa shape index (κ2) is 38.0. The molecule has 0 N–H and O–H groups in total. The zero-order valence-electron chi connectivity index (χ0n) is 26.4. The van der Waals surface area contributed by atoms with Crippen molar-refractivity contribution >= 4 is 0 Å². The lowest BCUT2D eigenvalue weighted by Gasteiger charge is -2.01. The van der Waals surface area contributed by atoms with Crippen LogP contribution in [0.15, 0.2) is 91.0 Å². The lowest BCUT2D eigenvalue weighted by molar-refractivity contribution is 0.263. The fourth-order valence-electron chi connectivity index (χ4n) is 2.13. The van der Waals surface area contributed by atoms with Crippen molar-refractivity contribution < 1.29 is 9.47 Å². The van der Waals surface area contributed by atoms with Crippen LogP contribution in [-0.2, 0) is 4.74 Å². The van der Waals surface area contributed by atoms with Crippen molar-refractivity contribution in [1.29, 1.82) is 0 Å². The van der Waals surface area contributed by atoms with E-state index in [1.54, 1.807) is 0 Å². The molecule has 2 nitrogen and oxygen atoms in total. The van der Waals surface area contributed by atoms with Gasteiger partial charge in [0.15, 0.2) is 0 Å². The van der Waals surface area contributed by atoms with Crippen LogP contribution in [0.25, 0.3) is 11.1 Å². The van der Waals surface area contributed by atoms with E-state index >= 15 is 0 Å². The van der Waals surface area contributed by atoms with Gasteiger partial charge in [-0.25, -0.2) is 0 Å². The fraction of sp³-hybridized carbons (Fsp3) is 0.486. The molecule has 1 saturated heterocycles. The third-order valence-electron chi connectivity index (χ3n) is 3.46. The normalized spacial score (nSPS) is 11.1. The van der Waals surface area contributed by atoms with E-state index in [0.717, 1.165) is 12.4 Å². The summed E-state index contributed by atoms with van der Waals surface area (Å²) in [6.45, 7) is 26.0. The molecule has 1 aliphatic heterocycles. The number of rotatable bonds is 4. The predicted octanol–water partition coefficient (Wildman–Crippen LogP) is 11.8. The van der Waals surface area contributed by atoms with Crippen LogP contribution in [0.2, 0.25) is 0 Å². The van der Waals surface area contributed by atoms with Crippen LogP contribution in [0, 0.1) is 0 Å². The molecule has 0 aliphatic carbocycles. The van der Waals surface area contributed by atoms with Gasteiger partial charge in [0.1, 0.15) is 18.5 Å². The van der Waals surface area contributed by atoms with E-state index in [2.05, 4.69) is 76.2 Å². The molecule has 1 aliphatic rings. The van der Waals surface area contributed by atoms with Crippen molar-refractivity contribution in [3.63, 3.8) is 0 Å². The van der Waals surface area contributed by atoms with Crippen molar-refractivity contribution in [3.05, 3.63) is 91.0 Å². The number of benzene rings is 3. The summed E-state index contributed by atoms with van der Waals surface area (Å²) in [6.07, 6.45) is 2.84. The van der Waals surface area contributed by atoms with Crippen molar-refractivity contribution in [2.75, 3.05) is 13.2 Å². The average molecular weight is 513 g/mol. The van der Waals surface area contributed by atoms with Gasteiger partial charge in [-0.1, -0.05) is 175 Å². The summed E-state index contributed by atoms with van der Waals surface area (Å²) < 4.78 is 10.4. The maximum Gasteiger partial charge on any atom is 0.119 e. The number of ether oxygens (including phenoxy) is 2. The molecule has 0 amide bonds. The fourth-order valence-corrected chi connectivity index (χ4v) is 2.13. The topological polar surface area (TPSA) is 21.8 Å². The van der Waals surface area contributed by atoms with Crippen LogP contribution in [0.4, 0.5) is 0 Å². The molecule has 0 spiro atoms. The smallest absolute Gasteiger partial charge is 0.119 e. The Hall–Kier alpha value is -2.58. The maximum absolute atomic E-state index is 5.40. The first-order chi connectivity index (χ1) is 18.2. The SMILES string of the molecule is CC.CC.CC.CC.CCC.CCC.c1ccc(-c2ccccc2)cc1.c1ccc(OCC2CO2)cc1. The maximum atomic E-state index is 5.40. The van der Waals surface area contributed by atoms with Crippen LogP contribution in [0.5, 0.6) is 5.75 Å². The highest BCUT2D eigenvalue weighted by Gasteiger charge is 2.22. The highest BCUT2D eigenvalue weighted by atomic mass is 16.6. The summed E-state index contributed by atoms with van der Waals surface area (Å²) in [6, 6.07) is 30.6. The van der Waals surface area contributed by atoms with Gasteiger partial charge in [-0.3, -0.25) is 0 Å². The average Bonchev–Trinajstić information content (AvgIpc) is 3.84. The minimum Gasteiger partial charge on any atom is -0.491 e. The Bertz CT molecular complexity index is 669. The number of hydrogen-bond donors (Lipinski definition) is 0. The quantitative estimate of drug-likeness (QED) is 0.324.